The number of fused-ring (bicyclic) bond motifs is 1. The molecule has 2 nitrogen and oxygen atoms in total. The lowest BCUT2D eigenvalue weighted by Crippen LogP contribution is -1.98. The van der Waals surface area contributed by atoms with Gasteiger partial charge >= 0.3 is 0 Å². The minimum Gasteiger partial charge on any atom is -0.330 e. The van der Waals surface area contributed by atoms with Gasteiger partial charge in [0.2, 0.25) is 0 Å². The summed E-state index contributed by atoms with van der Waals surface area (Å²) in [7, 11) is 0. The number of hydrogen-bond donors (Lipinski definition) is 1. The van der Waals surface area contributed by atoms with Gasteiger partial charge in [0.05, 0.1) is 21.7 Å². The molecular formula is C13H6Cl2F2N2S. The van der Waals surface area contributed by atoms with E-state index in [1.54, 1.807) is 0 Å². The molecule has 7 heteroatoms. The smallest absolute Gasteiger partial charge is 0.182 e. The van der Waals surface area contributed by atoms with Crippen LogP contribution in [0.2, 0.25) is 10.0 Å². The summed E-state index contributed by atoms with van der Waals surface area (Å²) < 4.78 is 29.2. The van der Waals surface area contributed by atoms with E-state index in [9.17, 15) is 8.78 Å². The number of halogens is 4. The van der Waals surface area contributed by atoms with Gasteiger partial charge < -0.3 is 4.98 Å². The summed E-state index contributed by atoms with van der Waals surface area (Å²) in [6.45, 7) is 0. The first kappa shape index (κ1) is 13.5. The Bertz CT molecular complexity index is 886. The standard InChI is InChI=1S/C13H6Cl2F2N2S/c14-6-1-2-8(16)11(3-6)19-12-5-9(17)7(15)4-10(12)18-13(19)20/h1-5H,(H,18,20). The zero-order valence-corrected chi connectivity index (χ0v) is 12.1. The van der Waals surface area contributed by atoms with Gasteiger partial charge in [-0.25, -0.2) is 8.78 Å². The summed E-state index contributed by atoms with van der Waals surface area (Å²) in [5.41, 5.74) is 1.05. The van der Waals surface area contributed by atoms with Crippen molar-refractivity contribution in [2.24, 2.45) is 0 Å². The molecule has 0 aliphatic carbocycles. The summed E-state index contributed by atoms with van der Waals surface area (Å²) in [4.78, 5) is 2.86. The molecule has 0 aliphatic rings. The number of benzene rings is 2. The Morgan fingerprint density at radius 3 is 2.55 bits per heavy atom. The number of aromatic amines is 1. The maximum absolute atomic E-state index is 14.0. The van der Waals surface area contributed by atoms with Crippen molar-refractivity contribution in [2.75, 3.05) is 0 Å². The Morgan fingerprint density at radius 2 is 1.80 bits per heavy atom. The van der Waals surface area contributed by atoms with E-state index in [0.717, 1.165) is 0 Å². The summed E-state index contributed by atoms with van der Waals surface area (Å²) in [5.74, 6) is -1.12. The minimum absolute atomic E-state index is 0.0348. The van der Waals surface area contributed by atoms with Gasteiger partial charge in [0.25, 0.3) is 0 Å². The van der Waals surface area contributed by atoms with Crippen molar-refractivity contribution in [3.8, 4) is 5.69 Å². The van der Waals surface area contributed by atoms with E-state index < -0.39 is 11.6 Å². The van der Waals surface area contributed by atoms with Gasteiger partial charge in [0.1, 0.15) is 11.6 Å². The summed E-state index contributed by atoms with van der Waals surface area (Å²) >= 11 is 16.7. The molecule has 1 aromatic heterocycles. The third kappa shape index (κ3) is 2.12. The van der Waals surface area contributed by atoms with Crippen molar-refractivity contribution in [1.82, 2.24) is 9.55 Å². The minimum atomic E-state index is -0.607. The lowest BCUT2D eigenvalue weighted by Gasteiger charge is -2.07. The zero-order valence-electron chi connectivity index (χ0n) is 9.75. The molecule has 0 atom stereocenters. The van der Waals surface area contributed by atoms with E-state index in [1.165, 1.54) is 34.9 Å². The third-order valence-corrected chi connectivity index (χ3v) is 3.68. The van der Waals surface area contributed by atoms with Gasteiger partial charge in [-0.3, -0.25) is 4.57 Å². The van der Waals surface area contributed by atoms with E-state index >= 15 is 0 Å². The van der Waals surface area contributed by atoms with Gasteiger partial charge in [0, 0.05) is 11.1 Å². The quantitative estimate of drug-likeness (QED) is 0.602. The lowest BCUT2D eigenvalue weighted by molar-refractivity contribution is 0.617. The van der Waals surface area contributed by atoms with E-state index in [1.807, 2.05) is 0 Å². The van der Waals surface area contributed by atoms with Crippen LogP contribution >= 0.6 is 35.4 Å². The predicted octanol–water partition coefficient (Wildman–Crippen LogP) is 5.27. The average molecular weight is 331 g/mol. The molecule has 3 aromatic rings. The average Bonchev–Trinajstić information content (AvgIpc) is 2.69. The lowest BCUT2D eigenvalue weighted by atomic mass is 10.2. The topological polar surface area (TPSA) is 20.7 Å². The van der Waals surface area contributed by atoms with E-state index in [4.69, 9.17) is 35.4 Å². The van der Waals surface area contributed by atoms with Crippen molar-refractivity contribution >= 4 is 46.5 Å². The van der Waals surface area contributed by atoms with Gasteiger partial charge in [-0.05, 0) is 36.5 Å². The molecule has 0 bridgehead atoms. The molecule has 1 N–H and O–H groups in total. The second-order valence-electron chi connectivity index (χ2n) is 4.14. The van der Waals surface area contributed by atoms with Gasteiger partial charge in [-0.15, -0.1) is 0 Å². The molecule has 3 rings (SSSR count). The first-order chi connectivity index (χ1) is 9.47. The number of nitrogens with zero attached hydrogens (tertiary/aromatic N) is 1. The summed E-state index contributed by atoms with van der Waals surface area (Å²) in [6, 6.07) is 6.68. The van der Waals surface area contributed by atoms with Crippen molar-refractivity contribution in [3.63, 3.8) is 0 Å². The number of H-pyrrole nitrogens is 1. The van der Waals surface area contributed by atoms with E-state index in [0.29, 0.717) is 16.1 Å². The van der Waals surface area contributed by atoms with Crippen molar-refractivity contribution in [1.29, 1.82) is 0 Å². The molecule has 0 fully saturated rings. The molecule has 0 spiro atoms. The van der Waals surface area contributed by atoms with Gasteiger partial charge in [-0.2, -0.15) is 0 Å². The monoisotopic (exact) mass is 330 g/mol. The molecule has 2 aromatic carbocycles. The maximum Gasteiger partial charge on any atom is 0.182 e. The largest absolute Gasteiger partial charge is 0.330 e. The van der Waals surface area contributed by atoms with Crippen LogP contribution in [0.4, 0.5) is 8.78 Å². The molecule has 102 valence electrons. The Kier molecular flexibility index (Phi) is 3.28. The van der Waals surface area contributed by atoms with Crippen LogP contribution in [-0.2, 0) is 0 Å². The summed E-state index contributed by atoms with van der Waals surface area (Å²) in [6.07, 6.45) is 0. The van der Waals surface area contributed by atoms with Crippen LogP contribution in [0.3, 0.4) is 0 Å². The highest BCUT2D eigenvalue weighted by Crippen LogP contribution is 2.27. The Balaban J connectivity index is 2.42. The maximum atomic E-state index is 14.0. The molecular weight excluding hydrogens is 325 g/mol. The van der Waals surface area contributed by atoms with Gasteiger partial charge in [-0.1, -0.05) is 23.2 Å². The van der Waals surface area contributed by atoms with Crippen molar-refractivity contribution in [2.45, 2.75) is 0 Å². The van der Waals surface area contributed by atoms with Crippen LogP contribution in [-0.4, -0.2) is 9.55 Å². The molecule has 20 heavy (non-hydrogen) atoms. The summed E-state index contributed by atoms with van der Waals surface area (Å²) in [5, 5.41) is 0.319. The zero-order chi connectivity index (χ0) is 14.4. The number of hydrogen-bond acceptors (Lipinski definition) is 1. The van der Waals surface area contributed by atoms with E-state index in [-0.39, 0.29) is 15.5 Å². The van der Waals surface area contributed by atoms with E-state index in [2.05, 4.69) is 4.98 Å². The van der Waals surface area contributed by atoms with Crippen LogP contribution in [0.15, 0.2) is 30.3 Å². The normalized spacial score (nSPS) is 11.2. The molecule has 1 heterocycles. The highest BCUT2D eigenvalue weighted by atomic mass is 35.5. The fraction of sp³-hybridized carbons (Fsp3) is 0. The third-order valence-electron chi connectivity index (χ3n) is 2.87. The Labute approximate surface area is 127 Å². The second kappa shape index (κ2) is 4.84. The first-order valence-corrected chi connectivity index (χ1v) is 6.69. The fourth-order valence-corrected chi connectivity index (χ4v) is 2.63. The van der Waals surface area contributed by atoms with Crippen LogP contribution < -0.4 is 0 Å². The molecule has 0 saturated carbocycles. The highest BCUT2D eigenvalue weighted by molar-refractivity contribution is 7.71. The molecule has 0 saturated heterocycles. The van der Waals surface area contributed by atoms with Crippen LogP contribution in [0.5, 0.6) is 0 Å². The molecule has 0 radical (unpaired) electrons. The van der Waals surface area contributed by atoms with Crippen LogP contribution in [0.25, 0.3) is 16.7 Å². The number of rotatable bonds is 1. The number of nitrogens with one attached hydrogen (secondary N) is 1. The van der Waals surface area contributed by atoms with Crippen LogP contribution in [0.1, 0.15) is 0 Å². The van der Waals surface area contributed by atoms with Gasteiger partial charge in [0.15, 0.2) is 4.77 Å². The first-order valence-electron chi connectivity index (χ1n) is 5.52. The Morgan fingerprint density at radius 1 is 1.05 bits per heavy atom. The fourth-order valence-electron chi connectivity index (χ4n) is 2.00. The number of aromatic nitrogens is 2. The Hall–Kier alpha value is -1.43. The SMILES string of the molecule is Fc1cc2c(cc1Cl)[nH]c(=S)n2-c1cc(Cl)ccc1F. The highest BCUT2D eigenvalue weighted by Gasteiger charge is 2.13. The molecule has 0 aliphatic heterocycles. The van der Waals surface area contributed by atoms with Crippen LogP contribution in [0, 0.1) is 16.4 Å². The van der Waals surface area contributed by atoms with Crippen molar-refractivity contribution in [3.05, 3.63) is 56.8 Å². The predicted molar refractivity (Wildman–Crippen MR) is 78.4 cm³/mol. The molecule has 0 amide bonds. The van der Waals surface area contributed by atoms with Crippen molar-refractivity contribution < 1.29 is 8.78 Å². The second-order valence-corrected chi connectivity index (χ2v) is 5.38. The molecule has 0 unspecified atom stereocenters. The number of imidazole rings is 1.